The van der Waals surface area contributed by atoms with Crippen molar-refractivity contribution in [2.24, 2.45) is 7.05 Å². The summed E-state index contributed by atoms with van der Waals surface area (Å²) in [6.45, 7) is 1.96. The van der Waals surface area contributed by atoms with Crippen molar-refractivity contribution >= 4 is 22.9 Å². The number of methoxy groups -OCH3 is 1. The number of carbonyl (C=O) groups excluding carboxylic acids is 1. The minimum absolute atomic E-state index is 0.0450. The van der Waals surface area contributed by atoms with Crippen LogP contribution >= 0.6 is 0 Å². The molecule has 9 heteroatoms. The van der Waals surface area contributed by atoms with Gasteiger partial charge in [0.25, 0.3) is 5.78 Å². The van der Waals surface area contributed by atoms with Crippen LogP contribution in [0.25, 0.3) is 16.9 Å². The number of carbonyl (C=O) groups is 1. The van der Waals surface area contributed by atoms with Crippen LogP contribution in [0.15, 0.2) is 0 Å². The molecule has 20 heavy (non-hydrogen) atoms. The van der Waals surface area contributed by atoms with Crippen LogP contribution in [0.5, 0.6) is 0 Å². The van der Waals surface area contributed by atoms with Crippen molar-refractivity contribution in [1.29, 1.82) is 0 Å². The SMILES string of the molecule is CCc1nc2nnc3c(CC(=O)OC)nn(C)c3n2n1. The highest BCUT2D eigenvalue weighted by atomic mass is 16.5. The van der Waals surface area contributed by atoms with Gasteiger partial charge in [0.2, 0.25) is 0 Å². The molecule has 0 aromatic carbocycles. The fraction of sp³-hybridized carbons (Fsp3) is 0.455. The topological polar surface area (TPSA) is 100 Å². The summed E-state index contributed by atoms with van der Waals surface area (Å²) in [6, 6.07) is 0. The maximum atomic E-state index is 11.4. The second kappa shape index (κ2) is 4.51. The van der Waals surface area contributed by atoms with E-state index in [1.54, 1.807) is 16.2 Å². The Labute approximate surface area is 113 Å². The van der Waals surface area contributed by atoms with E-state index in [0.717, 1.165) is 0 Å². The van der Waals surface area contributed by atoms with Gasteiger partial charge in [-0.15, -0.1) is 15.3 Å². The second-order valence-electron chi connectivity index (χ2n) is 4.29. The van der Waals surface area contributed by atoms with Crippen molar-refractivity contribution in [1.82, 2.24) is 34.6 Å². The van der Waals surface area contributed by atoms with E-state index in [2.05, 4.69) is 30.1 Å². The number of ether oxygens (including phenoxy) is 1. The van der Waals surface area contributed by atoms with Crippen molar-refractivity contribution in [3.63, 3.8) is 0 Å². The first-order valence-electron chi connectivity index (χ1n) is 6.14. The Bertz CT molecular complexity index is 804. The van der Waals surface area contributed by atoms with Crippen LogP contribution in [0.4, 0.5) is 0 Å². The van der Waals surface area contributed by atoms with E-state index >= 15 is 0 Å². The lowest BCUT2D eigenvalue weighted by Gasteiger charge is -1.95. The zero-order valence-corrected chi connectivity index (χ0v) is 11.4. The summed E-state index contributed by atoms with van der Waals surface area (Å²) < 4.78 is 7.86. The second-order valence-corrected chi connectivity index (χ2v) is 4.29. The van der Waals surface area contributed by atoms with E-state index in [4.69, 9.17) is 0 Å². The van der Waals surface area contributed by atoms with Crippen LogP contribution in [-0.4, -0.2) is 47.7 Å². The van der Waals surface area contributed by atoms with E-state index in [-0.39, 0.29) is 12.4 Å². The highest BCUT2D eigenvalue weighted by Gasteiger charge is 2.18. The Kier molecular flexibility index (Phi) is 2.81. The Morgan fingerprint density at radius 1 is 1.30 bits per heavy atom. The van der Waals surface area contributed by atoms with E-state index in [0.29, 0.717) is 34.9 Å². The molecule has 0 atom stereocenters. The largest absolute Gasteiger partial charge is 0.469 e. The molecule has 3 heterocycles. The molecule has 0 amide bonds. The molecule has 0 N–H and O–H groups in total. The highest BCUT2D eigenvalue weighted by Crippen LogP contribution is 2.16. The fourth-order valence-corrected chi connectivity index (χ4v) is 2.02. The van der Waals surface area contributed by atoms with Gasteiger partial charge in [-0.25, -0.2) is 4.68 Å². The Hall–Kier alpha value is -2.58. The van der Waals surface area contributed by atoms with Gasteiger partial charge in [0.05, 0.1) is 13.5 Å². The minimum Gasteiger partial charge on any atom is -0.469 e. The lowest BCUT2D eigenvalue weighted by molar-refractivity contribution is -0.139. The number of rotatable bonds is 3. The zero-order valence-electron chi connectivity index (χ0n) is 11.4. The van der Waals surface area contributed by atoms with Gasteiger partial charge < -0.3 is 4.74 Å². The predicted octanol–water partition coefficient (Wildman–Crippen LogP) is -0.316. The van der Waals surface area contributed by atoms with Crippen LogP contribution in [-0.2, 0) is 29.4 Å². The molecule has 0 bridgehead atoms. The molecule has 3 aromatic rings. The zero-order chi connectivity index (χ0) is 14.3. The molecule has 0 unspecified atom stereocenters. The maximum absolute atomic E-state index is 11.4. The van der Waals surface area contributed by atoms with E-state index in [9.17, 15) is 4.79 Å². The summed E-state index contributed by atoms with van der Waals surface area (Å²) in [5.41, 5.74) is 1.69. The number of hydrogen-bond acceptors (Lipinski definition) is 7. The van der Waals surface area contributed by atoms with Gasteiger partial charge in [-0.05, 0) is 0 Å². The molecule has 3 aromatic heterocycles. The molecular weight excluding hydrogens is 262 g/mol. The van der Waals surface area contributed by atoms with E-state index < -0.39 is 0 Å². The number of aryl methyl sites for hydroxylation is 2. The van der Waals surface area contributed by atoms with Crippen molar-refractivity contribution in [2.75, 3.05) is 7.11 Å². The van der Waals surface area contributed by atoms with E-state index in [1.807, 2.05) is 6.92 Å². The summed E-state index contributed by atoms with van der Waals surface area (Å²) >= 11 is 0. The summed E-state index contributed by atoms with van der Waals surface area (Å²) in [6.07, 6.45) is 0.751. The number of aromatic nitrogens is 7. The lowest BCUT2D eigenvalue weighted by atomic mass is 10.3. The van der Waals surface area contributed by atoms with Crippen LogP contribution in [0, 0.1) is 0 Å². The smallest absolute Gasteiger partial charge is 0.311 e. The standard InChI is InChI=1S/C11H13N7O2/c1-4-7-12-11-14-13-9-6(5-8(19)20-3)15-17(2)10(9)18(11)16-7/h4-5H2,1-3H3. The van der Waals surface area contributed by atoms with Crippen LogP contribution < -0.4 is 0 Å². The van der Waals surface area contributed by atoms with Gasteiger partial charge in [0, 0.05) is 13.5 Å². The average molecular weight is 275 g/mol. The number of fused-ring (bicyclic) bond motifs is 3. The molecule has 0 aliphatic carbocycles. The molecule has 0 saturated carbocycles. The molecule has 0 fully saturated rings. The first-order valence-corrected chi connectivity index (χ1v) is 6.14. The van der Waals surface area contributed by atoms with Gasteiger partial charge in [-0.1, -0.05) is 6.92 Å². The molecular formula is C11H13N7O2. The number of nitrogens with zero attached hydrogens (tertiary/aromatic N) is 7. The highest BCUT2D eigenvalue weighted by molar-refractivity contribution is 5.81. The average Bonchev–Trinajstić information content (AvgIpc) is 2.99. The molecule has 0 aliphatic rings. The minimum atomic E-state index is -0.375. The fourth-order valence-electron chi connectivity index (χ4n) is 2.02. The quantitative estimate of drug-likeness (QED) is 0.604. The Morgan fingerprint density at radius 3 is 2.80 bits per heavy atom. The van der Waals surface area contributed by atoms with Gasteiger partial charge in [0.1, 0.15) is 5.69 Å². The summed E-state index contributed by atoms with van der Waals surface area (Å²) in [5, 5.41) is 16.8. The predicted molar refractivity (Wildman–Crippen MR) is 67.9 cm³/mol. The Balaban J connectivity index is 2.24. The van der Waals surface area contributed by atoms with Crippen molar-refractivity contribution in [2.45, 2.75) is 19.8 Å². The van der Waals surface area contributed by atoms with Crippen LogP contribution in [0.3, 0.4) is 0 Å². The normalized spacial score (nSPS) is 11.3. The summed E-state index contributed by atoms with van der Waals surface area (Å²) in [5.74, 6) is 0.726. The van der Waals surface area contributed by atoms with Crippen LogP contribution in [0.2, 0.25) is 0 Å². The summed E-state index contributed by atoms with van der Waals surface area (Å²) in [7, 11) is 3.10. The third kappa shape index (κ3) is 1.78. The Morgan fingerprint density at radius 2 is 2.10 bits per heavy atom. The monoisotopic (exact) mass is 275 g/mol. The molecule has 9 nitrogen and oxygen atoms in total. The maximum Gasteiger partial charge on any atom is 0.311 e. The molecule has 0 radical (unpaired) electrons. The van der Waals surface area contributed by atoms with E-state index in [1.165, 1.54) is 7.11 Å². The van der Waals surface area contributed by atoms with Crippen molar-refractivity contribution < 1.29 is 9.53 Å². The molecule has 0 aliphatic heterocycles. The summed E-state index contributed by atoms with van der Waals surface area (Å²) in [4.78, 5) is 15.6. The van der Waals surface area contributed by atoms with Gasteiger partial charge in [-0.2, -0.15) is 14.6 Å². The van der Waals surface area contributed by atoms with Gasteiger partial charge in [0.15, 0.2) is 17.0 Å². The number of esters is 1. The molecule has 3 rings (SSSR count). The van der Waals surface area contributed by atoms with Gasteiger partial charge >= 0.3 is 5.97 Å². The molecule has 0 spiro atoms. The third-order valence-electron chi connectivity index (χ3n) is 2.99. The van der Waals surface area contributed by atoms with Crippen LogP contribution in [0.1, 0.15) is 18.4 Å². The van der Waals surface area contributed by atoms with Crippen molar-refractivity contribution in [3.05, 3.63) is 11.5 Å². The lowest BCUT2D eigenvalue weighted by Crippen LogP contribution is -2.06. The first kappa shape index (κ1) is 12.5. The third-order valence-corrected chi connectivity index (χ3v) is 2.99. The van der Waals surface area contributed by atoms with Crippen molar-refractivity contribution in [3.8, 4) is 0 Å². The first-order chi connectivity index (χ1) is 9.63. The van der Waals surface area contributed by atoms with Gasteiger partial charge in [-0.3, -0.25) is 4.79 Å². The number of hydrogen-bond donors (Lipinski definition) is 0. The molecule has 0 saturated heterocycles. The molecule has 104 valence electrons.